The smallest absolute Gasteiger partial charge is 0.409 e. The van der Waals surface area contributed by atoms with Crippen LogP contribution in [0.3, 0.4) is 0 Å². The second-order valence-corrected chi connectivity index (χ2v) is 21.4. The number of benzene rings is 3. The molecule has 0 aliphatic carbocycles. The van der Waals surface area contributed by atoms with Crippen LogP contribution in [0.2, 0.25) is 0 Å². The SMILES string of the molecule is CCCCCCCCCc1ccc(OP(Oc2ccc(CCCCCCCCC)cc2CCCCCCCCC)Oc2ccc(CCCCCCCCC)cc2CCCCCCCCC)cc1. The maximum absolute atomic E-state index is 7.06. The van der Waals surface area contributed by atoms with E-state index in [9.17, 15) is 0 Å². The summed E-state index contributed by atoms with van der Waals surface area (Å²) in [5.41, 5.74) is 6.89. The van der Waals surface area contributed by atoms with E-state index < -0.39 is 8.60 Å². The maximum atomic E-state index is 7.06. The molecule has 3 rings (SSSR count). The second-order valence-electron chi connectivity index (χ2n) is 20.4. The van der Waals surface area contributed by atoms with Gasteiger partial charge in [0.25, 0.3) is 0 Å². The molecule has 380 valence electrons. The Morgan fingerprint density at radius 3 is 0.866 bits per heavy atom. The van der Waals surface area contributed by atoms with Crippen LogP contribution in [-0.2, 0) is 32.1 Å². The standard InChI is InChI=1S/C63H105O3P/c1-6-11-16-21-26-31-36-41-56-46-50-61(51-47-56)64-67(65-62-52-48-57(42-37-32-27-22-17-12-7-2)54-59(62)44-39-34-29-24-19-14-9-4)66-63-53-49-58(43-38-33-28-23-18-13-8-3)55-60(63)45-40-35-30-25-20-15-10-5/h46-55H,6-45H2,1-5H3. The normalized spacial score (nSPS) is 11.5. The highest BCUT2D eigenvalue weighted by Gasteiger charge is 2.24. The van der Waals surface area contributed by atoms with Gasteiger partial charge in [0.2, 0.25) is 0 Å². The van der Waals surface area contributed by atoms with Crippen molar-refractivity contribution in [3.8, 4) is 17.2 Å². The van der Waals surface area contributed by atoms with Gasteiger partial charge in [0.1, 0.15) is 17.2 Å². The minimum Gasteiger partial charge on any atom is -0.409 e. The molecule has 3 nitrogen and oxygen atoms in total. The van der Waals surface area contributed by atoms with Crippen LogP contribution in [0.15, 0.2) is 60.7 Å². The van der Waals surface area contributed by atoms with Crippen molar-refractivity contribution < 1.29 is 13.6 Å². The topological polar surface area (TPSA) is 27.7 Å². The summed E-state index contributed by atoms with van der Waals surface area (Å²) in [5, 5.41) is 0. The first-order chi connectivity index (χ1) is 33.1. The molecule has 0 radical (unpaired) electrons. The van der Waals surface area contributed by atoms with Gasteiger partial charge in [-0.05, 0) is 116 Å². The van der Waals surface area contributed by atoms with E-state index in [0.29, 0.717) is 0 Å². The van der Waals surface area contributed by atoms with Crippen molar-refractivity contribution in [2.24, 2.45) is 0 Å². The third-order valence-electron chi connectivity index (χ3n) is 14.0. The molecule has 0 spiro atoms. The Labute approximate surface area is 417 Å². The monoisotopic (exact) mass is 941 g/mol. The summed E-state index contributed by atoms with van der Waals surface area (Å²) >= 11 is 0. The van der Waals surface area contributed by atoms with E-state index in [4.69, 9.17) is 13.6 Å². The molecule has 0 fully saturated rings. The molecule has 0 atom stereocenters. The van der Waals surface area contributed by atoms with E-state index in [1.54, 1.807) is 0 Å². The average Bonchev–Trinajstić information content (AvgIpc) is 3.34. The molecular formula is C63H105O3P. The van der Waals surface area contributed by atoms with Gasteiger partial charge in [-0.2, -0.15) is 0 Å². The minimum absolute atomic E-state index is 0.822. The first-order valence-corrected chi connectivity index (χ1v) is 30.4. The van der Waals surface area contributed by atoms with Crippen molar-refractivity contribution in [1.82, 2.24) is 0 Å². The third kappa shape index (κ3) is 29.3. The van der Waals surface area contributed by atoms with Crippen LogP contribution in [0.1, 0.15) is 287 Å². The van der Waals surface area contributed by atoms with Crippen molar-refractivity contribution in [2.45, 2.75) is 291 Å². The van der Waals surface area contributed by atoms with Crippen LogP contribution in [-0.4, -0.2) is 0 Å². The third-order valence-corrected chi connectivity index (χ3v) is 15.1. The Morgan fingerprint density at radius 2 is 0.537 bits per heavy atom. The first kappa shape index (κ1) is 58.8. The van der Waals surface area contributed by atoms with Gasteiger partial charge in [0.05, 0.1) is 0 Å². The lowest BCUT2D eigenvalue weighted by molar-refractivity contribution is 0.384. The summed E-state index contributed by atoms with van der Waals surface area (Å²) in [6.45, 7) is 11.5. The lowest BCUT2D eigenvalue weighted by atomic mass is 9.99. The van der Waals surface area contributed by atoms with Gasteiger partial charge in [-0.25, -0.2) is 0 Å². The van der Waals surface area contributed by atoms with Crippen molar-refractivity contribution in [3.05, 3.63) is 88.5 Å². The number of rotatable bonds is 46. The quantitative estimate of drug-likeness (QED) is 0.0417. The largest absolute Gasteiger partial charge is 0.530 e. The highest BCUT2D eigenvalue weighted by Crippen LogP contribution is 2.45. The van der Waals surface area contributed by atoms with E-state index in [1.807, 2.05) is 0 Å². The molecule has 0 aliphatic rings. The van der Waals surface area contributed by atoms with Crippen molar-refractivity contribution in [2.75, 3.05) is 0 Å². The zero-order valence-electron chi connectivity index (χ0n) is 44.7. The Morgan fingerprint density at radius 1 is 0.269 bits per heavy atom. The molecule has 0 aliphatic heterocycles. The van der Waals surface area contributed by atoms with Gasteiger partial charge in [-0.3, -0.25) is 0 Å². The van der Waals surface area contributed by atoms with Crippen LogP contribution in [0, 0.1) is 0 Å². The molecule has 0 unspecified atom stereocenters. The number of hydrogen-bond donors (Lipinski definition) is 0. The fraction of sp³-hybridized carbons (Fsp3) is 0.714. The van der Waals surface area contributed by atoms with Gasteiger partial charge in [0, 0.05) is 0 Å². The molecule has 0 bridgehead atoms. The van der Waals surface area contributed by atoms with Crippen molar-refractivity contribution in [3.63, 3.8) is 0 Å². The average molecular weight is 942 g/mol. The summed E-state index contributed by atoms with van der Waals surface area (Å²) in [5.74, 6) is 2.68. The van der Waals surface area contributed by atoms with Gasteiger partial charge in [-0.15, -0.1) is 0 Å². The number of unbranched alkanes of at least 4 members (excludes halogenated alkanes) is 30. The van der Waals surface area contributed by atoms with Gasteiger partial charge in [0.15, 0.2) is 0 Å². The summed E-state index contributed by atoms with van der Waals surface area (Å²) in [4.78, 5) is 0. The van der Waals surface area contributed by atoms with E-state index in [-0.39, 0.29) is 0 Å². The van der Waals surface area contributed by atoms with E-state index in [0.717, 1.165) is 49.4 Å². The molecule has 0 amide bonds. The summed E-state index contributed by atoms with van der Waals surface area (Å²) in [6.07, 6.45) is 51.8. The van der Waals surface area contributed by atoms with Gasteiger partial charge in [-0.1, -0.05) is 264 Å². The fourth-order valence-corrected chi connectivity index (χ4v) is 10.7. The molecule has 0 saturated carbocycles. The van der Waals surface area contributed by atoms with Crippen LogP contribution in [0.5, 0.6) is 17.2 Å². The van der Waals surface area contributed by atoms with E-state index >= 15 is 0 Å². The molecule has 3 aromatic carbocycles. The van der Waals surface area contributed by atoms with E-state index in [1.165, 1.54) is 253 Å². The van der Waals surface area contributed by atoms with Crippen LogP contribution >= 0.6 is 8.60 Å². The van der Waals surface area contributed by atoms with Crippen molar-refractivity contribution in [1.29, 1.82) is 0 Å². The van der Waals surface area contributed by atoms with E-state index in [2.05, 4.69) is 95.3 Å². The maximum Gasteiger partial charge on any atom is 0.530 e. The lowest BCUT2D eigenvalue weighted by Gasteiger charge is -2.22. The predicted molar refractivity (Wildman–Crippen MR) is 297 cm³/mol. The van der Waals surface area contributed by atoms with Gasteiger partial charge < -0.3 is 13.6 Å². The molecule has 0 heterocycles. The van der Waals surface area contributed by atoms with Gasteiger partial charge >= 0.3 is 8.60 Å². The second kappa shape index (κ2) is 41.3. The zero-order valence-corrected chi connectivity index (χ0v) is 45.6. The van der Waals surface area contributed by atoms with Crippen LogP contribution in [0.4, 0.5) is 0 Å². The van der Waals surface area contributed by atoms with Crippen LogP contribution in [0.25, 0.3) is 0 Å². The molecule has 3 aromatic rings. The van der Waals surface area contributed by atoms with Crippen LogP contribution < -0.4 is 13.6 Å². The highest BCUT2D eigenvalue weighted by molar-refractivity contribution is 7.43. The molecule has 0 saturated heterocycles. The Hall–Kier alpha value is -2.51. The number of hydrogen-bond acceptors (Lipinski definition) is 3. The summed E-state index contributed by atoms with van der Waals surface area (Å²) < 4.78 is 21.0. The van der Waals surface area contributed by atoms with Crippen molar-refractivity contribution >= 4 is 8.60 Å². The Bertz CT molecular complexity index is 1480. The minimum atomic E-state index is -1.77. The zero-order chi connectivity index (χ0) is 47.7. The predicted octanol–water partition coefficient (Wildman–Crippen LogP) is 21.9. The molecular weight excluding hydrogens is 836 g/mol. The molecule has 4 heteroatoms. The molecule has 0 N–H and O–H groups in total. The fourth-order valence-electron chi connectivity index (χ4n) is 9.57. The highest BCUT2D eigenvalue weighted by atomic mass is 31.2. The molecule has 0 aromatic heterocycles. The summed E-state index contributed by atoms with van der Waals surface area (Å²) in [7, 11) is -1.77. The lowest BCUT2D eigenvalue weighted by Crippen LogP contribution is -2.06. The number of aryl methyl sites for hydroxylation is 5. The first-order valence-electron chi connectivity index (χ1n) is 29.3. The summed E-state index contributed by atoms with van der Waals surface area (Å²) in [6, 6.07) is 22.8. The molecule has 67 heavy (non-hydrogen) atoms. The Balaban J connectivity index is 1.86. The Kier molecular flexibility index (Phi) is 36.2.